The van der Waals surface area contributed by atoms with Crippen molar-refractivity contribution in [2.75, 3.05) is 12.9 Å². The molecule has 20 heavy (non-hydrogen) atoms. The van der Waals surface area contributed by atoms with E-state index in [9.17, 15) is 9.18 Å². The van der Waals surface area contributed by atoms with Gasteiger partial charge >= 0.3 is 0 Å². The standard InChI is InChI=1S/C16H15FO2S/c1-19-14-6-8-15(9-7-14)20-11-13(18)10-12-4-2-3-5-16(12)17/h2-9H,10-11H2,1H3. The maximum atomic E-state index is 13.4. The molecule has 0 atom stereocenters. The quantitative estimate of drug-likeness (QED) is 0.758. The molecule has 0 amide bonds. The molecule has 0 aliphatic carbocycles. The number of ether oxygens (including phenoxy) is 1. The van der Waals surface area contributed by atoms with Crippen molar-refractivity contribution < 1.29 is 13.9 Å². The number of thioether (sulfide) groups is 1. The Morgan fingerprint density at radius 3 is 2.50 bits per heavy atom. The fourth-order valence-electron chi connectivity index (χ4n) is 1.74. The lowest BCUT2D eigenvalue weighted by atomic mass is 10.1. The van der Waals surface area contributed by atoms with Gasteiger partial charge in [0.2, 0.25) is 0 Å². The average molecular weight is 290 g/mol. The van der Waals surface area contributed by atoms with Crippen molar-refractivity contribution in [2.45, 2.75) is 11.3 Å². The summed E-state index contributed by atoms with van der Waals surface area (Å²) in [4.78, 5) is 12.8. The van der Waals surface area contributed by atoms with E-state index in [1.165, 1.54) is 17.8 Å². The molecule has 2 nitrogen and oxygen atoms in total. The van der Waals surface area contributed by atoms with Crippen molar-refractivity contribution in [3.63, 3.8) is 0 Å². The van der Waals surface area contributed by atoms with Crippen molar-refractivity contribution in [1.29, 1.82) is 0 Å². The van der Waals surface area contributed by atoms with Crippen LogP contribution in [0.4, 0.5) is 4.39 Å². The molecule has 0 spiro atoms. The van der Waals surface area contributed by atoms with E-state index >= 15 is 0 Å². The van der Waals surface area contributed by atoms with Crippen LogP contribution >= 0.6 is 11.8 Å². The number of methoxy groups -OCH3 is 1. The first kappa shape index (κ1) is 14.6. The van der Waals surface area contributed by atoms with Crippen LogP contribution in [0, 0.1) is 5.82 Å². The smallest absolute Gasteiger partial charge is 0.147 e. The molecule has 0 radical (unpaired) electrons. The van der Waals surface area contributed by atoms with Gasteiger partial charge < -0.3 is 4.74 Å². The van der Waals surface area contributed by atoms with Gasteiger partial charge in [0.1, 0.15) is 17.3 Å². The number of benzene rings is 2. The fourth-order valence-corrected chi connectivity index (χ4v) is 2.50. The molecule has 2 aromatic carbocycles. The van der Waals surface area contributed by atoms with E-state index in [1.807, 2.05) is 24.3 Å². The summed E-state index contributed by atoms with van der Waals surface area (Å²) < 4.78 is 18.5. The van der Waals surface area contributed by atoms with Crippen LogP contribution in [0.2, 0.25) is 0 Å². The highest BCUT2D eigenvalue weighted by atomic mass is 32.2. The number of carbonyl (C=O) groups is 1. The van der Waals surface area contributed by atoms with Crippen molar-refractivity contribution in [1.82, 2.24) is 0 Å². The predicted molar refractivity (Wildman–Crippen MR) is 78.8 cm³/mol. The van der Waals surface area contributed by atoms with Gasteiger partial charge in [-0.1, -0.05) is 18.2 Å². The van der Waals surface area contributed by atoms with Crippen LogP contribution in [-0.4, -0.2) is 18.6 Å². The van der Waals surface area contributed by atoms with E-state index in [-0.39, 0.29) is 18.0 Å². The predicted octanol–water partition coefficient (Wildman–Crippen LogP) is 3.74. The monoisotopic (exact) mass is 290 g/mol. The van der Waals surface area contributed by atoms with E-state index in [1.54, 1.807) is 25.3 Å². The fraction of sp³-hybridized carbons (Fsp3) is 0.188. The number of halogens is 1. The molecule has 0 aromatic heterocycles. The number of Topliss-reactive ketones (excluding diaryl/α,β-unsaturated/α-hetero) is 1. The van der Waals surface area contributed by atoms with Gasteiger partial charge in [0.05, 0.1) is 12.9 Å². The Bertz CT molecular complexity index is 581. The summed E-state index contributed by atoms with van der Waals surface area (Å²) in [7, 11) is 1.61. The minimum Gasteiger partial charge on any atom is -0.497 e. The highest BCUT2D eigenvalue weighted by Gasteiger charge is 2.08. The molecule has 0 bridgehead atoms. The van der Waals surface area contributed by atoms with Crippen molar-refractivity contribution in [3.8, 4) is 5.75 Å². The van der Waals surface area contributed by atoms with E-state index < -0.39 is 0 Å². The van der Waals surface area contributed by atoms with Crippen LogP contribution in [0.15, 0.2) is 53.4 Å². The number of hydrogen-bond acceptors (Lipinski definition) is 3. The molecule has 104 valence electrons. The molecular formula is C16H15FO2S. The second kappa shape index (κ2) is 7.10. The number of carbonyl (C=O) groups excluding carboxylic acids is 1. The summed E-state index contributed by atoms with van der Waals surface area (Å²) in [6.07, 6.45) is 0.135. The third kappa shape index (κ3) is 4.10. The lowest BCUT2D eigenvalue weighted by molar-refractivity contribution is -0.116. The lowest BCUT2D eigenvalue weighted by Gasteiger charge is -2.04. The van der Waals surface area contributed by atoms with E-state index in [0.717, 1.165) is 10.6 Å². The summed E-state index contributed by atoms with van der Waals surface area (Å²) in [5, 5.41) is 0. The first-order valence-corrected chi connectivity index (χ1v) is 7.19. The van der Waals surface area contributed by atoms with Crippen molar-refractivity contribution in [2.24, 2.45) is 0 Å². The minimum atomic E-state index is -0.324. The van der Waals surface area contributed by atoms with Gasteiger partial charge in [0, 0.05) is 11.3 Å². The van der Waals surface area contributed by atoms with Crippen LogP contribution in [0.1, 0.15) is 5.56 Å². The van der Waals surface area contributed by atoms with E-state index in [0.29, 0.717) is 11.3 Å². The van der Waals surface area contributed by atoms with Gasteiger partial charge in [-0.15, -0.1) is 11.8 Å². The van der Waals surface area contributed by atoms with Gasteiger partial charge in [0.25, 0.3) is 0 Å². The molecule has 0 fully saturated rings. The highest BCUT2D eigenvalue weighted by molar-refractivity contribution is 8.00. The second-order valence-corrected chi connectivity index (χ2v) is 5.32. The Morgan fingerprint density at radius 2 is 1.85 bits per heavy atom. The molecule has 4 heteroatoms. The molecular weight excluding hydrogens is 275 g/mol. The topological polar surface area (TPSA) is 26.3 Å². The van der Waals surface area contributed by atoms with E-state index in [2.05, 4.69) is 0 Å². The van der Waals surface area contributed by atoms with Gasteiger partial charge in [-0.3, -0.25) is 4.79 Å². The summed E-state index contributed by atoms with van der Waals surface area (Å²) >= 11 is 1.45. The molecule has 2 aromatic rings. The summed E-state index contributed by atoms with van der Waals surface area (Å²) in [5.41, 5.74) is 0.452. The van der Waals surface area contributed by atoms with Crippen LogP contribution < -0.4 is 4.74 Å². The Morgan fingerprint density at radius 1 is 1.15 bits per heavy atom. The van der Waals surface area contributed by atoms with Gasteiger partial charge in [-0.05, 0) is 35.9 Å². The Kier molecular flexibility index (Phi) is 5.18. The lowest BCUT2D eigenvalue weighted by Crippen LogP contribution is -2.07. The largest absolute Gasteiger partial charge is 0.497 e. The van der Waals surface area contributed by atoms with E-state index in [4.69, 9.17) is 4.74 Å². The number of rotatable bonds is 6. The second-order valence-electron chi connectivity index (χ2n) is 4.27. The molecule has 0 saturated carbocycles. The van der Waals surface area contributed by atoms with Crippen molar-refractivity contribution >= 4 is 17.5 Å². The van der Waals surface area contributed by atoms with Crippen LogP contribution in [0.5, 0.6) is 5.75 Å². The first-order valence-electron chi connectivity index (χ1n) is 6.21. The number of hydrogen-bond donors (Lipinski definition) is 0. The van der Waals surface area contributed by atoms with Crippen LogP contribution in [-0.2, 0) is 11.2 Å². The van der Waals surface area contributed by atoms with Crippen LogP contribution in [0.3, 0.4) is 0 Å². The van der Waals surface area contributed by atoms with Crippen molar-refractivity contribution in [3.05, 3.63) is 59.9 Å². The molecule has 0 N–H and O–H groups in total. The summed E-state index contributed by atoms with van der Waals surface area (Å²) in [5.74, 6) is 0.805. The maximum absolute atomic E-state index is 13.4. The molecule has 0 saturated heterocycles. The average Bonchev–Trinajstić information content (AvgIpc) is 2.48. The Hall–Kier alpha value is -1.81. The zero-order valence-corrected chi connectivity index (χ0v) is 12.0. The maximum Gasteiger partial charge on any atom is 0.147 e. The Balaban J connectivity index is 1.87. The molecule has 0 heterocycles. The number of ketones is 1. The summed E-state index contributed by atoms with van der Waals surface area (Å²) in [6, 6.07) is 13.9. The SMILES string of the molecule is COc1ccc(SCC(=O)Cc2ccccc2F)cc1. The highest BCUT2D eigenvalue weighted by Crippen LogP contribution is 2.21. The zero-order valence-electron chi connectivity index (χ0n) is 11.1. The van der Waals surface area contributed by atoms with Gasteiger partial charge in [0.15, 0.2) is 0 Å². The minimum absolute atomic E-state index is 0.0101. The third-order valence-corrected chi connectivity index (χ3v) is 3.88. The zero-order chi connectivity index (χ0) is 14.4. The van der Waals surface area contributed by atoms with Gasteiger partial charge in [-0.2, -0.15) is 0 Å². The molecule has 0 aliphatic heterocycles. The normalized spacial score (nSPS) is 10.3. The molecule has 0 unspecified atom stereocenters. The molecule has 0 aliphatic rings. The third-order valence-electron chi connectivity index (χ3n) is 2.80. The van der Waals surface area contributed by atoms with Gasteiger partial charge in [-0.25, -0.2) is 4.39 Å². The van der Waals surface area contributed by atoms with Crippen LogP contribution in [0.25, 0.3) is 0 Å². The first-order chi connectivity index (χ1) is 9.69. The Labute approximate surface area is 122 Å². The summed E-state index contributed by atoms with van der Waals surface area (Å²) in [6.45, 7) is 0. The molecule has 2 rings (SSSR count).